The number of amides is 1. The van der Waals surface area contributed by atoms with E-state index in [9.17, 15) is 4.79 Å². The summed E-state index contributed by atoms with van der Waals surface area (Å²) in [7, 11) is 0. The molecule has 4 heterocycles. The molecule has 0 bridgehead atoms. The molecule has 6 nitrogen and oxygen atoms in total. The van der Waals surface area contributed by atoms with Gasteiger partial charge in [-0.3, -0.25) is 4.79 Å². The number of aromatic amines is 1. The Morgan fingerprint density at radius 2 is 2.00 bits per heavy atom. The zero-order valence-corrected chi connectivity index (χ0v) is 20.6. The van der Waals surface area contributed by atoms with Crippen LogP contribution in [0.2, 0.25) is 0 Å². The number of fused-ring (bicyclic) bond motifs is 5. The second kappa shape index (κ2) is 8.03. The van der Waals surface area contributed by atoms with E-state index in [0.717, 1.165) is 39.2 Å². The lowest BCUT2D eigenvalue weighted by Crippen LogP contribution is -2.40. The fourth-order valence-electron chi connectivity index (χ4n) is 5.70. The predicted octanol–water partition coefficient (Wildman–Crippen LogP) is 6.01. The highest BCUT2D eigenvalue weighted by molar-refractivity contribution is 7.20. The lowest BCUT2D eigenvalue weighted by atomic mass is 9.87. The zero-order valence-electron chi connectivity index (χ0n) is 19.8. The quantitative estimate of drug-likeness (QED) is 0.334. The van der Waals surface area contributed by atoms with E-state index in [4.69, 9.17) is 15.2 Å². The molecule has 0 spiro atoms. The van der Waals surface area contributed by atoms with Gasteiger partial charge in [0.25, 0.3) is 5.91 Å². The van der Waals surface area contributed by atoms with Gasteiger partial charge < -0.3 is 25.1 Å². The van der Waals surface area contributed by atoms with Gasteiger partial charge in [-0.05, 0) is 71.0 Å². The molecule has 2 aliphatic heterocycles. The minimum absolute atomic E-state index is 0.0244. The summed E-state index contributed by atoms with van der Waals surface area (Å²) in [5, 5.41) is 0.998. The molecule has 1 aliphatic carbocycles. The number of benzene rings is 2. The van der Waals surface area contributed by atoms with Gasteiger partial charge in [0.1, 0.15) is 0 Å². The molecular formula is C29H25N3O3S. The molecule has 0 saturated carbocycles. The Labute approximate surface area is 212 Å². The average molecular weight is 496 g/mol. The number of rotatable bonds is 2. The van der Waals surface area contributed by atoms with Crippen LogP contribution in [0.3, 0.4) is 0 Å². The standard InChI is InChI=1S/C29H25N3O3S/c1-16-4-2-3-5-21-26(16)20-10-11-32(29(33)25-14-18-12-19(30)7-9-24(18)36-25)28(27(20)31-21)17-6-8-22-23(13-17)35-15-34-22/h2-9,12-14,16,28,31H,10-11,15,30H2,1H3/t16-,28?/m1/s1. The molecule has 1 unspecified atom stereocenters. The van der Waals surface area contributed by atoms with Crippen LogP contribution in [0.4, 0.5) is 5.69 Å². The Balaban J connectivity index is 1.37. The molecule has 0 radical (unpaired) electrons. The first kappa shape index (κ1) is 21.3. The van der Waals surface area contributed by atoms with Crippen LogP contribution in [0, 0.1) is 0 Å². The van der Waals surface area contributed by atoms with Crippen molar-refractivity contribution >= 4 is 39.1 Å². The first-order valence-corrected chi connectivity index (χ1v) is 13.0. The molecular weight excluding hydrogens is 470 g/mol. The number of hydrogen-bond donors (Lipinski definition) is 2. The van der Waals surface area contributed by atoms with Gasteiger partial charge in [-0.25, -0.2) is 0 Å². The van der Waals surface area contributed by atoms with Crippen LogP contribution >= 0.6 is 11.3 Å². The summed E-state index contributed by atoms with van der Waals surface area (Å²) in [5.74, 6) is 1.77. The third-order valence-corrected chi connectivity index (χ3v) is 8.46. The molecule has 36 heavy (non-hydrogen) atoms. The summed E-state index contributed by atoms with van der Waals surface area (Å²) in [6, 6.07) is 13.5. The first-order valence-electron chi connectivity index (χ1n) is 12.2. The van der Waals surface area contributed by atoms with Crippen LogP contribution < -0.4 is 15.2 Å². The Hall–Kier alpha value is -3.97. The van der Waals surface area contributed by atoms with Crippen molar-refractivity contribution < 1.29 is 14.3 Å². The largest absolute Gasteiger partial charge is 0.454 e. The molecule has 7 rings (SSSR count). The number of anilines is 1. The van der Waals surface area contributed by atoms with Crippen molar-refractivity contribution in [3.8, 4) is 11.5 Å². The first-order chi connectivity index (χ1) is 17.6. The Morgan fingerprint density at radius 1 is 1.11 bits per heavy atom. The molecule has 0 saturated heterocycles. The van der Waals surface area contributed by atoms with Crippen molar-refractivity contribution in [2.24, 2.45) is 0 Å². The van der Waals surface area contributed by atoms with Crippen LogP contribution in [0.25, 0.3) is 16.2 Å². The van der Waals surface area contributed by atoms with Crippen molar-refractivity contribution in [1.29, 1.82) is 0 Å². The number of nitrogens with two attached hydrogens (primary N) is 1. The molecule has 2 atom stereocenters. The molecule has 0 fully saturated rings. The number of aromatic nitrogens is 1. The zero-order chi connectivity index (χ0) is 24.4. The van der Waals surface area contributed by atoms with Crippen LogP contribution in [-0.2, 0) is 6.42 Å². The van der Waals surface area contributed by atoms with Gasteiger partial charge in [-0.15, -0.1) is 11.3 Å². The van der Waals surface area contributed by atoms with Crippen molar-refractivity contribution in [2.75, 3.05) is 19.1 Å². The van der Waals surface area contributed by atoms with Crippen molar-refractivity contribution in [3.63, 3.8) is 0 Å². The molecule has 1 amide bonds. The fourth-order valence-corrected chi connectivity index (χ4v) is 6.70. The van der Waals surface area contributed by atoms with Crippen LogP contribution in [0.1, 0.15) is 56.6 Å². The third kappa shape index (κ3) is 3.27. The molecule has 2 aromatic heterocycles. The summed E-state index contributed by atoms with van der Waals surface area (Å²) in [6.07, 6.45) is 9.34. The predicted molar refractivity (Wildman–Crippen MR) is 143 cm³/mol. The lowest BCUT2D eigenvalue weighted by molar-refractivity contribution is 0.0696. The molecule has 2 aromatic carbocycles. The highest BCUT2D eigenvalue weighted by Crippen LogP contribution is 2.44. The van der Waals surface area contributed by atoms with E-state index in [0.29, 0.717) is 28.8 Å². The number of nitrogen functional groups attached to an aromatic ring is 1. The lowest BCUT2D eigenvalue weighted by Gasteiger charge is -2.36. The van der Waals surface area contributed by atoms with Crippen molar-refractivity contribution in [3.05, 3.63) is 93.6 Å². The van der Waals surface area contributed by atoms with Crippen LogP contribution in [0.5, 0.6) is 11.5 Å². The van der Waals surface area contributed by atoms with Gasteiger partial charge in [0.2, 0.25) is 6.79 Å². The van der Waals surface area contributed by atoms with Gasteiger partial charge in [0.15, 0.2) is 11.5 Å². The summed E-state index contributed by atoms with van der Waals surface area (Å²) in [6.45, 7) is 3.08. The van der Waals surface area contributed by atoms with Gasteiger partial charge >= 0.3 is 0 Å². The van der Waals surface area contributed by atoms with Gasteiger partial charge in [0, 0.05) is 34.2 Å². The molecule has 3 aliphatic rings. The molecule has 3 N–H and O–H groups in total. The number of H-pyrrole nitrogens is 1. The number of nitrogens with one attached hydrogen (secondary N) is 1. The van der Waals surface area contributed by atoms with E-state index in [1.54, 1.807) is 0 Å². The Bertz CT molecular complexity index is 1590. The van der Waals surface area contributed by atoms with E-state index < -0.39 is 0 Å². The van der Waals surface area contributed by atoms with Crippen molar-refractivity contribution in [1.82, 2.24) is 9.88 Å². The smallest absolute Gasteiger partial charge is 0.264 e. The second-order valence-corrected chi connectivity index (χ2v) is 10.6. The summed E-state index contributed by atoms with van der Waals surface area (Å²) in [4.78, 5) is 20.5. The normalized spacial score (nSPS) is 19.9. The summed E-state index contributed by atoms with van der Waals surface area (Å²) in [5.41, 5.74) is 12.5. The van der Waals surface area contributed by atoms with E-state index in [1.165, 1.54) is 22.5 Å². The van der Waals surface area contributed by atoms with Crippen LogP contribution in [0.15, 0.2) is 60.7 Å². The molecule has 180 valence electrons. The fraction of sp³-hybridized carbons (Fsp3) is 0.207. The summed E-state index contributed by atoms with van der Waals surface area (Å²) >= 11 is 1.51. The van der Waals surface area contributed by atoms with Crippen molar-refractivity contribution in [2.45, 2.75) is 25.3 Å². The third-order valence-electron chi connectivity index (χ3n) is 7.35. The minimum Gasteiger partial charge on any atom is -0.454 e. The number of carbonyl (C=O) groups is 1. The monoisotopic (exact) mass is 495 g/mol. The Kier molecular flexibility index (Phi) is 4.76. The summed E-state index contributed by atoms with van der Waals surface area (Å²) < 4.78 is 12.3. The van der Waals surface area contributed by atoms with Gasteiger partial charge in [0.05, 0.1) is 10.9 Å². The SMILES string of the molecule is C[C@@H]1C=CC=Cc2[nH]c3c(c21)CCN(C(=O)c1cc2cc(N)ccc2s1)C3c1ccc2c(c1)OCO2. The number of hydrogen-bond acceptors (Lipinski definition) is 5. The number of thiophene rings is 1. The number of allylic oxidation sites excluding steroid dienone is 3. The second-order valence-electron chi connectivity index (χ2n) is 9.55. The highest BCUT2D eigenvalue weighted by Gasteiger charge is 2.38. The maximum atomic E-state index is 14.1. The van der Waals surface area contributed by atoms with E-state index in [2.05, 4.69) is 36.2 Å². The number of nitrogens with zero attached hydrogens (tertiary/aromatic N) is 1. The van der Waals surface area contributed by atoms with Gasteiger partial charge in [-0.2, -0.15) is 0 Å². The highest BCUT2D eigenvalue weighted by atomic mass is 32.1. The van der Waals surface area contributed by atoms with Gasteiger partial charge in [-0.1, -0.05) is 31.2 Å². The number of carbonyl (C=O) groups excluding carboxylic acids is 1. The topological polar surface area (TPSA) is 80.6 Å². The maximum absolute atomic E-state index is 14.1. The van der Waals surface area contributed by atoms with E-state index in [-0.39, 0.29) is 18.7 Å². The van der Waals surface area contributed by atoms with Crippen LogP contribution in [-0.4, -0.2) is 29.1 Å². The molecule has 7 heteroatoms. The molecule has 4 aromatic rings. The number of ether oxygens (including phenoxy) is 2. The minimum atomic E-state index is -0.262. The average Bonchev–Trinajstić information content (AvgIpc) is 3.58. The van der Waals surface area contributed by atoms with E-state index in [1.807, 2.05) is 47.4 Å². The van der Waals surface area contributed by atoms with E-state index >= 15 is 0 Å². The Morgan fingerprint density at radius 3 is 2.92 bits per heavy atom. The maximum Gasteiger partial charge on any atom is 0.264 e.